The first-order chi connectivity index (χ1) is 22.2. The second-order valence-corrected chi connectivity index (χ2v) is 12.5. The second kappa shape index (κ2) is 12.1. The Bertz CT molecular complexity index is 1970. The monoisotopic (exact) mass is 600 g/mol. The van der Waals surface area contributed by atoms with Crippen molar-refractivity contribution < 1.29 is 4.39 Å². The highest BCUT2D eigenvalue weighted by molar-refractivity contribution is 5.97. The predicted molar refractivity (Wildman–Crippen MR) is 176 cm³/mol. The van der Waals surface area contributed by atoms with Crippen molar-refractivity contribution in [2.24, 2.45) is 0 Å². The summed E-state index contributed by atoms with van der Waals surface area (Å²) in [6.07, 6.45) is 12.6. The summed E-state index contributed by atoms with van der Waals surface area (Å²) >= 11 is 0. The maximum atomic E-state index is 14.9. The molecule has 2 saturated heterocycles. The van der Waals surface area contributed by atoms with Crippen LogP contribution in [0.5, 0.6) is 0 Å². The number of aromatic nitrogens is 6. The van der Waals surface area contributed by atoms with Crippen molar-refractivity contribution in [1.29, 1.82) is 0 Å². The zero-order valence-corrected chi connectivity index (χ0v) is 25.4. The van der Waals surface area contributed by atoms with Gasteiger partial charge in [0.1, 0.15) is 17.0 Å². The van der Waals surface area contributed by atoms with Crippen LogP contribution < -0.4 is 0 Å². The van der Waals surface area contributed by atoms with E-state index in [0.29, 0.717) is 17.0 Å². The van der Waals surface area contributed by atoms with E-state index in [0.717, 1.165) is 83.4 Å². The molecule has 9 heteroatoms. The number of rotatable bonds is 9. The van der Waals surface area contributed by atoms with Gasteiger partial charge >= 0.3 is 0 Å². The van der Waals surface area contributed by atoms with E-state index in [4.69, 9.17) is 4.98 Å². The summed E-state index contributed by atoms with van der Waals surface area (Å²) in [4.78, 5) is 22.6. The Balaban J connectivity index is 1.09. The third kappa shape index (κ3) is 5.85. The molecule has 0 bridgehead atoms. The lowest BCUT2D eigenvalue weighted by Gasteiger charge is -2.14. The zero-order chi connectivity index (χ0) is 30.2. The molecule has 6 aromatic rings. The fraction of sp³-hybridized carbons (Fsp3) is 0.333. The average Bonchev–Trinajstić information content (AvgIpc) is 3.88. The molecule has 8 nitrogen and oxygen atoms in total. The number of nitrogens with one attached hydrogen (secondary N) is 2. The summed E-state index contributed by atoms with van der Waals surface area (Å²) < 4.78 is 14.9. The van der Waals surface area contributed by atoms with Gasteiger partial charge in [-0.25, -0.2) is 9.37 Å². The van der Waals surface area contributed by atoms with Crippen LogP contribution in [0.2, 0.25) is 0 Å². The molecule has 0 aliphatic carbocycles. The molecule has 2 aliphatic heterocycles. The van der Waals surface area contributed by atoms with Gasteiger partial charge in [0.15, 0.2) is 5.82 Å². The molecule has 2 fully saturated rings. The number of nitrogens with zero attached hydrogens (tertiary/aromatic N) is 6. The third-order valence-electron chi connectivity index (χ3n) is 9.29. The van der Waals surface area contributed by atoms with Crippen molar-refractivity contribution in [2.45, 2.75) is 45.1 Å². The van der Waals surface area contributed by atoms with Crippen LogP contribution in [0.1, 0.15) is 43.2 Å². The molecule has 2 N–H and O–H groups in total. The lowest BCUT2D eigenvalue weighted by atomic mass is 10.0. The van der Waals surface area contributed by atoms with Crippen LogP contribution in [0.25, 0.3) is 55.8 Å². The van der Waals surface area contributed by atoms with Crippen LogP contribution in [-0.2, 0) is 13.0 Å². The molecule has 0 atom stereocenters. The van der Waals surface area contributed by atoms with E-state index in [1.54, 1.807) is 18.3 Å². The van der Waals surface area contributed by atoms with Crippen LogP contribution in [-0.4, -0.2) is 72.7 Å². The Morgan fingerprint density at radius 3 is 2.44 bits per heavy atom. The van der Waals surface area contributed by atoms with Gasteiger partial charge in [-0.05, 0) is 130 Å². The smallest absolute Gasteiger partial charge is 0.159 e. The summed E-state index contributed by atoms with van der Waals surface area (Å²) in [6, 6.07) is 15.7. The van der Waals surface area contributed by atoms with Crippen molar-refractivity contribution in [3.05, 3.63) is 84.1 Å². The summed E-state index contributed by atoms with van der Waals surface area (Å²) in [5, 5.41) is 8.79. The molecule has 8 rings (SSSR count). The minimum Gasteiger partial charge on any atom is -0.336 e. The highest BCUT2D eigenvalue weighted by Crippen LogP contribution is 2.33. The lowest BCUT2D eigenvalue weighted by molar-refractivity contribution is 0.331. The number of hydrogen-bond donors (Lipinski definition) is 2. The van der Waals surface area contributed by atoms with Crippen molar-refractivity contribution in [3.63, 3.8) is 0 Å². The predicted octanol–water partition coefficient (Wildman–Crippen LogP) is 6.99. The van der Waals surface area contributed by atoms with Gasteiger partial charge in [-0.3, -0.25) is 20.0 Å². The highest BCUT2D eigenvalue weighted by Gasteiger charge is 2.18. The van der Waals surface area contributed by atoms with Crippen LogP contribution >= 0.6 is 0 Å². The van der Waals surface area contributed by atoms with E-state index in [-0.39, 0.29) is 5.82 Å². The molecule has 0 spiro atoms. The van der Waals surface area contributed by atoms with Crippen molar-refractivity contribution in [2.75, 3.05) is 32.7 Å². The van der Waals surface area contributed by atoms with E-state index < -0.39 is 0 Å². The summed E-state index contributed by atoms with van der Waals surface area (Å²) in [7, 11) is 0. The van der Waals surface area contributed by atoms with E-state index in [1.165, 1.54) is 44.3 Å². The van der Waals surface area contributed by atoms with Gasteiger partial charge < -0.3 is 9.88 Å². The third-order valence-corrected chi connectivity index (χ3v) is 9.29. The number of aryl methyl sites for hydroxylation is 1. The number of hydrogen-bond acceptors (Lipinski definition) is 6. The first kappa shape index (κ1) is 28.0. The van der Waals surface area contributed by atoms with E-state index >= 15 is 0 Å². The minimum absolute atomic E-state index is 0.247. The second-order valence-electron chi connectivity index (χ2n) is 12.5. The fourth-order valence-electron chi connectivity index (χ4n) is 7.01. The van der Waals surface area contributed by atoms with Crippen molar-refractivity contribution in [3.8, 4) is 33.9 Å². The number of benzene rings is 2. The molecule has 228 valence electrons. The molecule has 0 radical (unpaired) electrons. The van der Waals surface area contributed by atoms with E-state index in [1.807, 2.05) is 18.5 Å². The Morgan fingerprint density at radius 2 is 1.58 bits per heavy atom. The van der Waals surface area contributed by atoms with Crippen LogP contribution in [0.15, 0.2) is 67.1 Å². The number of H-pyrrole nitrogens is 2. The quantitative estimate of drug-likeness (QED) is 0.186. The number of pyridine rings is 2. The van der Waals surface area contributed by atoms with Gasteiger partial charge in [-0.15, -0.1) is 0 Å². The van der Waals surface area contributed by atoms with Gasteiger partial charge in [0.25, 0.3) is 0 Å². The first-order valence-corrected chi connectivity index (χ1v) is 16.2. The number of imidazole rings is 1. The Kier molecular flexibility index (Phi) is 7.56. The molecular weight excluding hydrogens is 563 g/mol. The molecule has 4 aromatic heterocycles. The SMILES string of the molecule is Fc1cc(CCCN2CCCC2)cc(-c2nccc3[nH]c(-c4n[nH]c5ccc(-c6cncc(CN7CCCC7)c6)cc45)nc23)c1. The largest absolute Gasteiger partial charge is 0.336 e. The van der Waals surface area contributed by atoms with E-state index in [9.17, 15) is 4.39 Å². The minimum atomic E-state index is -0.247. The molecule has 0 unspecified atom stereocenters. The highest BCUT2D eigenvalue weighted by atomic mass is 19.1. The number of aromatic amines is 2. The molecular formula is C36H37FN8. The average molecular weight is 601 g/mol. The molecule has 6 heterocycles. The number of halogens is 1. The van der Waals surface area contributed by atoms with Gasteiger partial charge in [0.05, 0.1) is 16.7 Å². The van der Waals surface area contributed by atoms with Crippen LogP contribution in [0, 0.1) is 5.82 Å². The lowest BCUT2D eigenvalue weighted by Crippen LogP contribution is -2.20. The summed E-state index contributed by atoms with van der Waals surface area (Å²) in [5.74, 6) is 0.397. The van der Waals surface area contributed by atoms with E-state index in [2.05, 4.69) is 65.3 Å². The van der Waals surface area contributed by atoms with Crippen molar-refractivity contribution >= 4 is 21.9 Å². The van der Waals surface area contributed by atoms with Gasteiger partial charge in [-0.1, -0.05) is 6.07 Å². The van der Waals surface area contributed by atoms with Crippen LogP contribution in [0.4, 0.5) is 4.39 Å². The zero-order valence-electron chi connectivity index (χ0n) is 25.4. The number of fused-ring (bicyclic) bond motifs is 2. The molecule has 0 amide bonds. The number of likely N-dealkylation sites (tertiary alicyclic amines) is 2. The first-order valence-electron chi connectivity index (χ1n) is 16.2. The fourth-order valence-corrected chi connectivity index (χ4v) is 7.01. The summed E-state index contributed by atoms with van der Waals surface area (Å²) in [5.41, 5.74) is 8.98. The molecule has 0 saturated carbocycles. The molecule has 2 aliphatic rings. The van der Waals surface area contributed by atoms with Crippen molar-refractivity contribution in [1.82, 2.24) is 39.9 Å². The standard InChI is InChI=1S/C36H37FN8/c37-29-18-24(6-5-15-44-11-1-2-12-44)16-27(19-29)33-35-32(9-10-39-33)40-36(41-35)34-30-20-26(7-8-31(30)42-43-34)28-17-25(21-38-22-28)23-45-13-3-4-14-45/h7-10,16-22H,1-6,11-15,23H2,(H,40,41)(H,42,43). The Hall–Kier alpha value is -4.47. The Labute approximate surface area is 261 Å². The maximum Gasteiger partial charge on any atom is 0.159 e. The summed E-state index contributed by atoms with van der Waals surface area (Å²) in [6.45, 7) is 6.66. The van der Waals surface area contributed by atoms with Gasteiger partial charge in [0.2, 0.25) is 0 Å². The maximum absolute atomic E-state index is 14.9. The van der Waals surface area contributed by atoms with Gasteiger partial charge in [0, 0.05) is 41.6 Å². The molecule has 2 aromatic carbocycles. The van der Waals surface area contributed by atoms with Gasteiger partial charge in [-0.2, -0.15) is 5.10 Å². The Morgan fingerprint density at radius 1 is 0.756 bits per heavy atom. The topological polar surface area (TPSA) is 89.6 Å². The van der Waals surface area contributed by atoms with Crippen LogP contribution in [0.3, 0.4) is 0 Å². The molecule has 45 heavy (non-hydrogen) atoms. The normalized spacial score (nSPS) is 16.0.